The van der Waals surface area contributed by atoms with Crippen molar-refractivity contribution in [2.45, 2.75) is 51.5 Å². The van der Waals surface area contributed by atoms with E-state index in [0.717, 1.165) is 5.69 Å². The molecule has 2 nitrogen and oxygen atoms in total. The minimum Gasteiger partial charge on any atom is -0.372 e. The van der Waals surface area contributed by atoms with Crippen molar-refractivity contribution in [1.82, 2.24) is 0 Å². The maximum absolute atomic E-state index is 11.4. The maximum atomic E-state index is 11.4. The first-order valence-electron chi connectivity index (χ1n) is 7.13. The Kier molecular flexibility index (Phi) is 4.87. The zero-order valence-electron chi connectivity index (χ0n) is 11.8. The molecule has 1 fully saturated rings. The van der Waals surface area contributed by atoms with Gasteiger partial charge in [0.1, 0.15) is 0 Å². The van der Waals surface area contributed by atoms with E-state index in [1.807, 2.05) is 18.2 Å². The molecule has 1 aromatic rings. The van der Waals surface area contributed by atoms with E-state index < -0.39 is 0 Å². The van der Waals surface area contributed by atoms with E-state index in [1.165, 1.54) is 38.5 Å². The van der Waals surface area contributed by atoms with E-state index in [0.29, 0.717) is 16.6 Å². The van der Waals surface area contributed by atoms with Gasteiger partial charge in [0.25, 0.3) is 0 Å². The van der Waals surface area contributed by atoms with Gasteiger partial charge in [0.2, 0.25) is 0 Å². The molecule has 0 N–H and O–H groups in total. The monoisotopic (exact) mass is 279 g/mol. The van der Waals surface area contributed by atoms with E-state index in [1.54, 1.807) is 6.92 Å². The second-order valence-electron chi connectivity index (χ2n) is 5.48. The van der Waals surface area contributed by atoms with Gasteiger partial charge in [-0.25, -0.2) is 0 Å². The number of nitrogens with zero attached hydrogens (tertiary/aromatic N) is 1. The van der Waals surface area contributed by atoms with Crippen molar-refractivity contribution in [3.05, 3.63) is 28.8 Å². The van der Waals surface area contributed by atoms with Crippen LogP contribution in [0.3, 0.4) is 0 Å². The largest absolute Gasteiger partial charge is 0.372 e. The first-order chi connectivity index (χ1) is 9.09. The molecule has 104 valence electrons. The van der Waals surface area contributed by atoms with Gasteiger partial charge in [-0.05, 0) is 38.0 Å². The summed E-state index contributed by atoms with van der Waals surface area (Å²) in [6.07, 6.45) is 7.84. The van der Waals surface area contributed by atoms with Crippen molar-refractivity contribution >= 4 is 23.1 Å². The predicted octanol–water partition coefficient (Wildman–Crippen LogP) is 4.70. The Bertz CT molecular complexity index is 450. The summed E-state index contributed by atoms with van der Waals surface area (Å²) in [4.78, 5) is 13.7. The Morgan fingerprint density at radius 1 is 1.21 bits per heavy atom. The predicted molar refractivity (Wildman–Crippen MR) is 81.3 cm³/mol. The fraction of sp³-hybridized carbons (Fsp3) is 0.562. The summed E-state index contributed by atoms with van der Waals surface area (Å²) in [6, 6.07) is 6.37. The Balaban J connectivity index is 2.16. The van der Waals surface area contributed by atoms with Crippen LogP contribution in [0.5, 0.6) is 0 Å². The van der Waals surface area contributed by atoms with Crippen molar-refractivity contribution < 1.29 is 4.79 Å². The van der Waals surface area contributed by atoms with Crippen LogP contribution in [0.25, 0.3) is 0 Å². The molecule has 1 saturated carbocycles. The second kappa shape index (κ2) is 6.42. The summed E-state index contributed by atoms with van der Waals surface area (Å²) in [6.45, 7) is 1.55. The first-order valence-corrected chi connectivity index (χ1v) is 7.50. The average Bonchev–Trinajstić information content (AvgIpc) is 2.66. The Hall–Kier alpha value is -1.02. The van der Waals surface area contributed by atoms with Gasteiger partial charge in [-0.1, -0.05) is 37.3 Å². The number of anilines is 1. The Morgan fingerprint density at radius 2 is 1.84 bits per heavy atom. The molecule has 0 bridgehead atoms. The van der Waals surface area contributed by atoms with Gasteiger partial charge in [0.15, 0.2) is 5.78 Å². The lowest BCUT2D eigenvalue weighted by Gasteiger charge is -2.29. The standard InChI is InChI=1S/C16H22ClNO/c1-12(19)15-10-9-14(11-16(15)17)18(2)13-7-5-3-4-6-8-13/h9-11,13H,3-8H2,1-2H3. The van der Waals surface area contributed by atoms with E-state index >= 15 is 0 Å². The first kappa shape index (κ1) is 14.4. The zero-order chi connectivity index (χ0) is 13.8. The number of halogens is 1. The molecule has 1 aliphatic rings. The molecule has 0 heterocycles. The highest BCUT2D eigenvalue weighted by Gasteiger charge is 2.18. The zero-order valence-corrected chi connectivity index (χ0v) is 12.5. The van der Waals surface area contributed by atoms with Crippen LogP contribution < -0.4 is 4.90 Å². The van der Waals surface area contributed by atoms with Crippen LogP contribution in [-0.2, 0) is 0 Å². The van der Waals surface area contributed by atoms with Crippen molar-refractivity contribution in [3.63, 3.8) is 0 Å². The van der Waals surface area contributed by atoms with Gasteiger partial charge < -0.3 is 4.90 Å². The fourth-order valence-electron chi connectivity index (χ4n) is 2.86. The third kappa shape index (κ3) is 3.50. The third-order valence-electron chi connectivity index (χ3n) is 4.11. The molecule has 0 atom stereocenters. The minimum absolute atomic E-state index is 0.0219. The van der Waals surface area contributed by atoms with Gasteiger partial charge in [-0.15, -0.1) is 0 Å². The van der Waals surface area contributed by atoms with Crippen LogP contribution >= 0.6 is 11.6 Å². The molecule has 19 heavy (non-hydrogen) atoms. The van der Waals surface area contributed by atoms with Crippen LogP contribution in [-0.4, -0.2) is 18.9 Å². The maximum Gasteiger partial charge on any atom is 0.161 e. The molecular weight excluding hydrogens is 258 g/mol. The molecule has 0 unspecified atom stereocenters. The number of hydrogen-bond donors (Lipinski definition) is 0. The molecule has 0 amide bonds. The van der Waals surface area contributed by atoms with E-state index in [-0.39, 0.29) is 5.78 Å². The van der Waals surface area contributed by atoms with Gasteiger partial charge in [-0.3, -0.25) is 4.79 Å². The highest BCUT2D eigenvalue weighted by Crippen LogP contribution is 2.28. The van der Waals surface area contributed by atoms with Crippen LogP contribution in [0.1, 0.15) is 55.8 Å². The molecule has 3 heteroatoms. The van der Waals surface area contributed by atoms with Crippen molar-refractivity contribution in [2.75, 3.05) is 11.9 Å². The quantitative estimate of drug-likeness (QED) is 0.590. The number of Topliss-reactive ketones (excluding diaryl/α,β-unsaturated/α-hetero) is 1. The Labute approximate surface area is 120 Å². The highest BCUT2D eigenvalue weighted by molar-refractivity contribution is 6.34. The van der Waals surface area contributed by atoms with Crippen molar-refractivity contribution in [1.29, 1.82) is 0 Å². The summed E-state index contributed by atoms with van der Waals surface area (Å²) >= 11 is 6.19. The van der Waals surface area contributed by atoms with Crippen LogP contribution in [0.2, 0.25) is 5.02 Å². The molecular formula is C16H22ClNO. The molecule has 1 aliphatic carbocycles. The van der Waals surface area contributed by atoms with Gasteiger partial charge in [0, 0.05) is 24.3 Å². The normalized spacial score (nSPS) is 17.0. The Morgan fingerprint density at radius 3 is 2.37 bits per heavy atom. The molecule has 0 aromatic heterocycles. The third-order valence-corrected chi connectivity index (χ3v) is 4.42. The van der Waals surface area contributed by atoms with Gasteiger partial charge in [-0.2, -0.15) is 0 Å². The number of rotatable bonds is 3. The SMILES string of the molecule is CC(=O)c1ccc(N(C)C2CCCCCC2)cc1Cl. The highest BCUT2D eigenvalue weighted by atomic mass is 35.5. The molecule has 0 spiro atoms. The molecule has 2 rings (SSSR count). The van der Waals surface area contributed by atoms with Crippen LogP contribution in [0.4, 0.5) is 5.69 Å². The van der Waals surface area contributed by atoms with Gasteiger partial charge >= 0.3 is 0 Å². The average molecular weight is 280 g/mol. The van der Waals surface area contributed by atoms with Crippen LogP contribution in [0, 0.1) is 0 Å². The number of benzene rings is 1. The van der Waals surface area contributed by atoms with Crippen LogP contribution in [0.15, 0.2) is 18.2 Å². The summed E-state index contributed by atoms with van der Waals surface area (Å²) < 4.78 is 0. The van der Waals surface area contributed by atoms with E-state index in [9.17, 15) is 4.79 Å². The number of ketones is 1. The molecule has 0 radical (unpaired) electrons. The molecule has 0 aliphatic heterocycles. The lowest BCUT2D eigenvalue weighted by Crippen LogP contribution is -2.31. The lowest BCUT2D eigenvalue weighted by molar-refractivity contribution is 0.101. The lowest BCUT2D eigenvalue weighted by atomic mass is 10.1. The summed E-state index contributed by atoms with van der Waals surface area (Å²) in [5.41, 5.74) is 1.72. The molecule has 1 aromatic carbocycles. The van der Waals surface area contributed by atoms with E-state index in [2.05, 4.69) is 11.9 Å². The van der Waals surface area contributed by atoms with Gasteiger partial charge in [0.05, 0.1) is 5.02 Å². The second-order valence-corrected chi connectivity index (χ2v) is 5.88. The number of carbonyl (C=O) groups excluding carboxylic acids is 1. The fourth-order valence-corrected chi connectivity index (χ4v) is 3.17. The summed E-state index contributed by atoms with van der Waals surface area (Å²) in [5, 5.41) is 0.561. The minimum atomic E-state index is 0.0219. The van der Waals surface area contributed by atoms with Crippen molar-refractivity contribution in [2.24, 2.45) is 0 Å². The van der Waals surface area contributed by atoms with E-state index in [4.69, 9.17) is 11.6 Å². The smallest absolute Gasteiger partial charge is 0.161 e. The number of carbonyl (C=O) groups is 1. The topological polar surface area (TPSA) is 20.3 Å². The number of hydrogen-bond acceptors (Lipinski definition) is 2. The van der Waals surface area contributed by atoms with Crippen molar-refractivity contribution in [3.8, 4) is 0 Å². The molecule has 0 saturated heterocycles. The summed E-state index contributed by atoms with van der Waals surface area (Å²) in [5.74, 6) is 0.0219. The summed E-state index contributed by atoms with van der Waals surface area (Å²) in [7, 11) is 2.13.